The summed E-state index contributed by atoms with van der Waals surface area (Å²) in [5, 5.41) is 0.566. The van der Waals surface area contributed by atoms with Gasteiger partial charge in [0.25, 0.3) is 0 Å². The molecular weight excluding hydrogens is 376 g/mol. The lowest BCUT2D eigenvalue weighted by atomic mass is 10.2. The Morgan fingerprint density at radius 2 is 2.09 bits per heavy atom. The smallest absolute Gasteiger partial charge is 0.181 e. The minimum atomic E-state index is 0.566. The first kappa shape index (κ1) is 14.5. The topological polar surface area (TPSA) is 66.0 Å². The van der Waals surface area contributed by atoms with E-state index in [1.165, 1.54) is 16.9 Å². The number of hydrogen-bond donors (Lipinski definition) is 1. The van der Waals surface area contributed by atoms with Crippen molar-refractivity contribution in [2.45, 2.75) is 6.54 Å². The van der Waals surface area contributed by atoms with E-state index in [1.807, 2.05) is 24.5 Å². The number of halogens is 1. The van der Waals surface area contributed by atoms with E-state index in [4.69, 9.17) is 10.5 Å². The summed E-state index contributed by atoms with van der Waals surface area (Å²) in [5.41, 5.74) is 9.93. The maximum atomic E-state index is 5.88. The minimum absolute atomic E-state index is 0.566. The Kier molecular flexibility index (Phi) is 3.46. The molecule has 2 N–H and O–H groups in total. The van der Waals surface area contributed by atoms with Gasteiger partial charge in [0.15, 0.2) is 5.13 Å². The van der Waals surface area contributed by atoms with E-state index < -0.39 is 0 Å². The number of imidazole rings is 1. The number of ether oxygens (including phenoxy) is 1. The second-order valence-electron chi connectivity index (χ2n) is 5.18. The van der Waals surface area contributed by atoms with Crippen molar-refractivity contribution in [1.82, 2.24) is 14.5 Å². The van der Waals surface area contributed by atoms with Crippen LogP contribution in [0.1, 0.15) is 5.56 Å². The van der Waals surface area contributed by atoms with Crippen LogP contribution in [0.25, 0.3) is 21.3 Å². The molecule has 0 atom stereocenters. The van der Waals surface area contributed by atoms with E-state index in [-0.39, 0.29) is 0 Å². The number of nitrogen functional groups attached to an aromatic ring is 1. The van der Waals surface area contributed by atoms with Crippen molar-refractivity contribution < 1.29 is 4.74 Å². The summed E-state index contributed by atoms with van der Waals surface area (Å²) >= 11 is 5.07. The van der Waals surface area contributed by atoms with Crippen LogP contribution in [0, 0.1) is 0 Å². The number of fused-ring (bicyclic) bond motifs is 3. The molecule has 7 heteroatoms. The van der Waals surface area contributed by atoms with Gasteiger partial charge in [0, 0.05) is 11.0 Å². The fourth-order valence-corrected chi connectivity index (χ4v) is 4.03. The zero-order valence-electron chi connectivity index (χ0n) is 12.3. The molecule has 0 amide bonds. The lowest BCUT2D eigenvalue weighted by Gasteiger charge is -2.07. The number of thiazole rings is 1. The van der Waals surface area contributed by atoms with Crippen LogP contribution < -0.4 is 10.5 Å². The van der Waals surface area contributed by atoms with Crippen molar-refractivity contribution in [2.24, 2.45) is 0 Å². The van der Waals surface area contributed by atoms with Crippen LogP contribution in [-0.2, 0) is 6.54 Å². The van der Waals surface area contributed by atoms with Gasteiger partial charge in [-0.2, -0.15) is 0 Å². The van der Waals surface area contributed by atoms with Gasteiger partial charge in [0.05, 0.1) is 29.2 Å². The van der Waals surface area contributed by atoms with Gasteiger partial charge in [0.2, 0.25) is 0 Å². The third-order valence-corrected chi connectivity index (χ3v) is 5.24. The summed E-state index contributed by atoms with van der Waals surface area (Å²) < 4.78 is 9.32. The third-order valence-electron chi connectivity index (χ3n) is 3.72. The predicted molar refractivity (Wildman–Crippen MR) is 97.1 cm³/mol. The Labute approximate surface area is 144 Å². The Balaban J connectivity index is 1.86. The maximum Gasteiger partial charge on any atom is 0.181 e. The molecule has 0 aliphatic rings. The SMILES string of the molecule is COc1ccc(Cn2cnc3c(Br)cc4nc(N)sc4c32)cc1. The van der Waals surface area contributed by atoms with Crippen LogP contribution in [0.4, 0.5) is 5.13 Å². The molecule has 0 radical (unpaired) electrons. The van der Waals surface area contributed by atoms with Crippen LogP contribution in [-0.4, -0.2) is 21.6 Å². The summed E-state index contributed by atoms with van der Waals surface area (Å²) in [4.78, 5) is 8.92. The quantitative estimate of drug-likeness (QED) is 0.574. The van der Waals surface area contributed by atoms with Crippen LogP contribution in [0.2, 0.25) is 0 Å². The summed E-state index contributed by atoms with van der Waals surface area (Å²) in [6.07, 6.45) is 1.86. The average Bonchev–Trinajstić information content (AvgIpc) is 3.11. The molecule has 4 aromatic rings. The van der Waals surface area contributed by atoms with Crippen molar-refractivity contribution in [3.8, 4) is 5.75 Å². The molecule has 116 valence electrons. The first-order valence-corrected chi connectivity index (χ1v) is 8.59. The highest BCUT2D eigenvalue weighted by atomic mass is 79.9. The van der Waals surface area contributed by atoms with E-state index in [0.29, 0.717) is 5.13 Å². The number of anilines is 1. The van der Waals surface area contributed by atoms with Gasteiger partial charge in [0.1, 0.15) is 11.3 Å². The molecule has 4 rings (SSSR count). The normalized spacial score (nSPS) is 11.4. The number of benzene rings is 2. The number of nitrogens with two attached hydrogens (primary N) is 1. The molecule has 5 nitrogen and oxygen atoms in total. The van der Waals surface area contributed by atoms with Crippen LogP contribution >= 0.6 is 27.3 Å². The number of hydrogen-bond acceptors (Lipinski definition) is 5. The van der Waals surface area contributed by atoms with Crippen LogP contribution in [0.5, 0.6) is 5.75 Å². The number of rotatable bonds is 3. The largest absolute Gasteiger partial charge is 0.497 e. The molecule has 2 aromatic carbocycles. The molecule has 0 unspecified atom stereocenters. The van der Waals surface area contributed by atoms with Gasteiger partial charge in [-0.15, -0.1) is 0 Å². The van der Waals surface area contributed by atoms with E-state index in [9.17, 15) is 0 Å². The molecule has 0 saturated carbocycles. The van der Waals surface area contributed by atoms with Gasteiger partial charge in [-0.3, -0.25) is 0 Å². The van der Waals surface area contributed by atoms with E-state index in [2.05, 4.69) is 42.6 Å². The summed E-state index contributed by atoms with van der Waals surface area (Å²) in [7, 11) is 1.67. The van der Waals surface area contributed by atoms with Gasteiger partial charge < -0.3 is 15.0 Å². The van der Waals surface area contributed by atoms with Crippen molar-refractivity contribution in [3.63, 3.8) is 0 Å². The lowest BCUT2D eigenvalue weighted by molar-refractivity contribution is 0.414. The first-order chi connectivity index (χ1) is 11.2. The highest BCUT2D eigenvalue weighted by Crippen LogP contribution is 2.35. The van der Waals surface area contributed by atoms with Gasteiger partial charge in [-0.1, -0.05) is 23.5 Å². The van der Waals surface area contributed by atoms with E-state index >= 15 is 0 Å². The molecule has 23 heavy (non-hydrogen) atoms. The Morgan fingerprint density at radius 1 is 1.30 bits per heavy atom. The Hall–Kier alpha value is -2.12. The van der Waals surface area contributed by atoms with Gasteiger partial charge >= 0.3 is 0 Å². The Bertz CT molecular complexity index is 1010. The molecular formula is C16H13BrN4OS. The minimum Gasteiger partial charge on any atom is -0.497 e. The summed E-state index contributed by atoms with van der Waals surface area (Å²) in [6.45, 7) is 0.726. The second kappa shape index (κ2) is 5.50. The summed E-state index contributed by atoms with van der Waals surface area (Å²) in [6, 6.07) is 10.0. The highest BCUT2D eigenvalue weighted by molar-refractivity contribution is 9.10. The van der Waals surface area contributed by atoms with Crippen molar-refractivity contribution in [2.75, 3.05) is 12.8 Å². The first-order valence-electron chi connectivity index (χ1n) is 6.98. The number of aromatic nitrogens is 3. The molecule has 2 aromatic heterocycles. The average molecular weight is 389 g/mol. The standard InChI is InChI=1S/C16H13BrN4OS/c1-22-10-4-2-9(3-5-10)7-21-8-19-13-11(17)6-12-15(14(13)21)23-16(18)20-12/h2-6,8H,7H2,1H3,(H2,18,20). The fraction of sp³-hybridized carbons (Fsp3) is 0.125. The zero-order chi connectivity index (χ0) is 16.0. The zero-order valence-corrected chi connectivity index (χ0v) is 14.7. The predicted octanol–water partition coefficient (Wildman–Crippen LogP) is 4.05. The Morgan fingerprint density at radius 3 is 2.83 bits per heavy atom. The lowest BCUT2D eigenvalue weighted by Crippen LogP contribution is -1.98. The van der Waals surface area contributed by atoms with Gasteiger partial charge in [-0.25, -0.2) is 9.97 Å². The summed E-state index contributed by atoms with van der Waals surface area (Å²) in [5.74, 6) is 0.851. The molecule has 0 spiro atoms. The van der Waals surface area contributed by atoms with Gasteiger partial charge in [-0.05, 0) is 39.7 Å². The number of nitrogens with zero attached hydrogens (tertiary/aromatic N) is 3. The van der Waals surface area contributed by atoms with Crippen molar-refractivity contribution in [1.29, 1.82) is 0 Å². The highest BCUT2D eigenvalue weighted by Gasteiger charge is 2.14. The van der Waals surface area contributed by atoms with E-state index in [1.54, 1.807) is 7.11 Å². The third kappa shape index (κ3) is 2.46. The molecule has 0 saturated heterocycles. The fourth-order valence-electron chi connectivity index (χ4n) is 2.65. The number of methoxy groups -OCH3 is 1. The monoisotopic (exact) mass is 388 g/mol. The second-order valence-corrected chi connectivity index (χ2v) is 7.06. The van der Waals surface area contributed by atoms with Crippen LogP contribution in [0.3, 0.4) is 0 Å². The maximum absolute atomic E-state index is 5.88. The van der Waals surface area contributed by atoms with Crippen LogP contribution in [0.15, 0.2) is 41.1 Å². The molecule has 2 heterocycles. The van der Waals surface area contributed by atoms with Crippen molar-refractivity contribution >= 4 is 53.6 Å². The van der Waals surface area contributed by atoms with E-state index in [0.717, 1.165) is 38.0 Å². The molecule has 0 bridgehead atoms. The molecule has 0 fully saturated rings. The molecule has 0 aliphatic heterocycles. The molecule has 0 aliphatic carbocycles. The van der Waals surface area contributed by atoms with Crippen molar-refractivity contribution in [3.05, 3.63) is 46.7 Å².